The zero-order valence-corrected chi connectivity index (χ0v) is 27.4. The quantitative estimate of drug-likeness (QED) is 0.0729. The SMILES string of the molecule is C.NNC(=O)c1cnc(NC2(c3ccccc3Cl)CCC2)nc1.O=C(NNC(=O)C(F)F)c1cnc(NC2(c3ccccc3Cl)CCC2)nc1. The van der Waals surface area contributed by atoms with Crippen molar-refractivity contribution in [2.45, 2.75) is 63.5 Å². The summed E-state index contributed by atoms with van der Waals surface area (Å²) in [7, 11) is 0. The number of anilines is 2. The molecule has 0 saturated heterocycles. The highest BCUT2D eigenvalue weighted by atomic mass is 35.5. The zero-order chi connectivity index (χ0) is 35.0. The van der Waals surface area contributed by atoms with Crippen molar-refractivity contribution in [2.24, 2.45) is 5.84 Å². The van der Waals surface area contributed by atoms with Gasteiger partial charge in [-0.3, -0.25) is 30.7 Å². The Morgan fingerprint density at radius 1 is 0.680 bits per heavy atom. The second-order valence-corrected chi connectivity index (χ2v) is 12.2. The number of nitrogen functional groups attached to an aromatic ring is 1. The molecule has 17 heteroatoms. The zero-order valence-electron chi connectivity index (χ0n) is 25.9. The smallest absolute Gasteiger partial charge is 0.317 e. The van der Waals surface area contributed by atoms with Gasteiger partial charge in [0, 0.05) is 34.8 Å². The summed E-state index contributed by atoms with van der Waals surface area (Å²) in [5.41, 5.74) is 7.24. The lowest BCUT2D eigenvalue weighted by atomic mass is 9.72. The van der Waals surface area contributed by atoms with Crippen molar-refractivity contribution in [3.05, 3.63) is 106 Å². The first kappa shape index (κ1) is 37.8. The number of amides is 3. The fraction of sp³-hybridized carbons (Fsp3) is 0.303. The Labute approximate surface area is 297 Å². The minimum absolute atomic E-state index is 0. The standard InChI is InChI=1S/C17H16ClF2N5O2.C15H16ClN5O.CH4/c18-12-5-2-1-4-11(12)17(6-3-7-17)23-16-21-8-10(9-22-16)14(26)24-25-15(27)13(19)20;16-12-5-2-1-4-11(12)15(6-3-7-15)20-14-18-8-10(9-19-14)13(22)21-17;/h1-2,4-5,8-9,13H,3,6-7H2,(H,24,26)(H,25,27)(H,21,22,23);1-2,4-5,8-9H,3,6-7,17H2,(H,21,22)(H,18,19,20);1H4. The molecule has 0 aliphatic heterocycles. The Morgan fingerprint density at radius 3 is 1.42 bits per heavy atom. The Bertz CT molecular complexity index is 1790. The highest BCUT2D eigenvalue weighted by Crippen LogP contribution is 2.47. The summed E-state index contributed by atoms with van der Waals surface area (Å²) < 4.78 is 24.2. The van der Waals surface area contributed by atoms with Gasteiger partial charge in [-0.25, -0.2) is 25.8 Å². The minimum Gasteiger partial charge on any atom is -0.345 e. The molecule has 264 valence electrons. The molecule has 2 aliphatic rings. The van der Waals surface area contributed by atoms with Gasteiger partial charge in [0.1, 0.15) is 0 Å². The van der Waals surface area contributed by atoms with Gasteiger partial charge in [-0.1, -0.05) is 67.0 Å². The number of halogens is 4. The van der Waals surface area contributed by atoms with E-state index in [0.717, 1.165) is 54.7 Å². The first-order chi connectivity index (χ1) is 23.6. The maximum absolute atomic E-state index is 12.1. The van der Waals surface area contributed by atoms with Crippen LogP contribution in [-0.2, 0) is 15.9 Å². The van der Waals surface area contributed by atoms with Gasteiger partial charge in [0.2, 0.25) is 11.9 Å². The van der Waals surface area contributed by atoms with Crippen LogP contribution in [0.5, 0.6) is 0 Å². The Hall–Kier alpha value is -4.99. The van der Waals surface area contributed by atoms with E-state index in [9.17, 15) is 23.2 Å². The number of nitrogens with two attached hydrogens (primary N) is 1. The normalized spacial score (nSPS) is 15.0. The number of hydrogen-bond acceptors (Lipinski definition) is 10. The number of benzene rings is 2. The number of nitrogens with one attached hydrogen (secondary N) is 5. The van der Waals surface area contributed by atoms with Crippen molar-refractivity contribution in [3.8, 4) is 0 Å². The Morgan fingerprint density at radius 2 is 1.08 bits per heavy atom. The van der Waals surface area contributed by atoms with Crippen molar-refractivity contribution in [1.82, 2.24) is 36.2 Å². The number of hydrogen-bond donors (Lipinski definition) is 6. The highest BCUT2D eigenvalue weighted by molar-refractivity contribution is 6.31. The average molecular weight is 730 g/mol. The van der Waals surface area contributed by atoms with E-state index in [0.29, 0.717) is 22.5 Å². The fourth-order valence-electron chi connectivity index (χ4n) is 5.46. The Kier molecular flexibility index (Phi) is 12.6. The molecule has 2 saturated carbocycles. The summed E-state index contributed by atoms with van der Waals surface area (Å²) in [6.45, 7) is 0. The molecule has 6 rings (SSSR count). The molecule has 13 nitrogen and oxygen atoms in total. The van der Waals surface area contributed by atoms with E-state index in [1.165, 1.54) is 24.8 Å². The molecule has 4 aromatic rings. The summed E-state index contributed by atoms with van der Waals surface area (Å²) in [4.78, 5) is 50.5. The van der Waals surface area contributed by atoms with Crippen LogP contribution in [0.15, 0.2) is 73.3 Å². The first-order valence-electron chi connectivity index (χ1n) is 15.2. The van der Waals surface area contributed by atoms with Crippen LogP contribution < -0.4 is 32.8 Å². The molecular weight excluding hydrogens is 693 g/mol. The van der Waals surface area contributed by atoms with Gasteiger partial charge in [0.25, 0.3) is 11.8 Å². The van der Waals surface area contributed by atoms with Crippen LogP contribution in [0.25, 0.3) is 0 Å². The topological polar surface area (TPSA) is 189 Å². The lowest BCUT2D eigenvalue weighted by molar-refractivity contribution is -0.132. The molecule has 0 atom stereocenters. The molecule has 0 bridgehead atoms. The van der Waals surface area contributed by atoms with Crippen molar-refractivity contribution in [3.63, 3.8) is 0 Å². The van der Waals surface area contributed by atoms with E-state index in [1.807, 2.05) is 59.4 Å². The molecule has 2 aromatic carbocycles. The van der Waals surface area contributed by atoms with Crippen LogP contribution in [0.1, 0.15) is 77.8 Å². The fourth-order valence-corrected chi connectivity index (χ4v) is 6.09. The molecule has 2 aromatic heterocycles. The van der Waals surface area contributed by atoms with E-state index in [2.05, 4.69) is 30.6 Å². The number of hydrazine groups is 2. The van der Waals surface area contributed by atoms with Crippen molar-refractivity contribution < 1.29 is 23.2 Å². The number of aromatic nitrogens is 4. The van der Waals surface area contributed by atoms with Gasteiger partial charge < -0.3 is 10.6 Å². The lowest BCUT2D eigenvalue weighted by Gasteiger charge is -2.43. The van der Waals surface area contributed by atoms with Crippen molar-refractivity contribution in [2.75, 3.05) is 10.6 Å². The van der Waals surface area contributed by atoms with E-state index in [-0.39, 0.29) is 24.1 Å². The predicted octanol–water partition coefficient (Wildman–Crippen LogP) is 5.51. The number of carbonyl (C=O) groups is 3. The number of carbonyl (C=O) groups excluding carboxylic acids is 3. The molecule has 50 heavy (non-hydrogen) atoms. The lowest BCUT2D eigenvalue weighted by Crippen LogP contribution is -2.44. The summed E-state index contributed by atoms with van der Waals surface area (Å²) in [5.74, 6) is 3.03. The van der Waals surface area contributed by atoms with Crippen LogP contribution in [0.3, 0.4) is 0 Å². The van der Waals surface area contributed by atoms with Crippen LogP contribution in [-0.4, -0.2) is 44.1 Å². The number of alkyl halides is 2. The second-order valence-electron chi connectivity index (χ2n) is 11.4. The molecule has 2 fully saturated rings. The van der Waals surface area contributed by atoms with Crippen molar-refractivity contribution in [1.29, 1.82) is 0 Å². The minimum atomic E-state index is -3.23. The van der Waals surface area contributed by atoms with E-state index >= 15 is 0 Å². The van der Waals surface area contributed by atoms with Gasteiger partial charge in [-0.15, -0.1) is 0 Å². The summed E-state index contributed by atoms with van der Waals surface area (Å²) in [5, 5.41) is 8.02. The molecule has 2 aliphatic carbocycles. The molecule has 0 unspecified atom stereocenters. The Balaban J connectivity index is 0.000000225. The third-order valence-electron chi connectivity index (χ3n) is 8.35. The van der Waals surface area contributed by atoms with Gasteiger partial charge >= 0.3 is 12.3 Å². The molecule has 0 spiro atoms. The van der Waals surface area contributed by atoms with Crippen LogP contribution in [0, 0.1) is 0 Å². The molecular formula is C33H36Cl2F2N10O3. The molecule has 2 heterocycles. The predicted molar refractivity (Wildman–Crippen MR) is 185 cm³/mol. The van der Waals surface area contributed by atoms with Crippen LogP contribution in [0.2, 0.25) is 10.0 Å². The van der Waals surface area contributed by atoms with Gasteiger partial charge in [-0.05, 0) is 61.8 Å². The number of rotatable bonds is 9. The van der Waals surface area contributed by atoms with E-state index in [4.69, 9.17) is 29.0 Å². The summed E-state index contributed by atoms with van der Waals surface area (Å²) >= 11 is 12.6. The van der Waals surface area contributed by atoms with Crippen LogP contribution >= 0.6 is 23.2 Å². The summed E-state index contributed by atoms with van der Waals surface area (Å²) in [6.07, 6.45) is 7.93. The largest absolute Gasteiger partial charge is 0.345 e. The van der Waals surface area contributed by atoms with E-state index < -0.39 is 24.1 Å². The first-order valence-corrected chi connectivity index (χ1v) is 15.9. The second kappa shape index (κ2) is 16.6. The average Bonchev–Trinajstić information content (AvgIpc) is 3.08. The van der Waals surface area contributed by atoms with Gasteiger partial charge in [0.15, 0.2) is 0 Å². The summed E-state index contributed by atoms with van der Waals surface area (Å²) in [6, 6.07) is 15.3. The third kappa shape index (κ3) is 8.59. The van der Waals surface area contributed by atoms with Crippen LogP contribution in [0.4, 0.5) is 20.7 Å². The molecule has 0 radical (unpaired) electrons. The van der Waals surface area contributed by atoms with Gasteiger partial charge in [-0.2, -0.15) is 8.78 Å². The maximum Gasteiger partial charge on any atom is 0.317 e. The molecule has 7 N–H and O–H groups in total. The van der Waals surface area contributed by atoms with E-state index in [1.54, 1.807) is 5.43 Å². The van der Waals surface area contributed by atoms with Gasteiger partial charge in [0.05, 0.1) is 22.2 Å². The number of nitrogens with zero attached hydrogens (tertiary/aromatic N) is 4. The maximum atomic E-state index is 12.1. The highest BCUT2D eigenvalue weighted by Gasteiger charge is 2.41. The van der Waals surface area contributed by atoms with Crippen molar-refractivity contribution >= 4 is 52.8 Å². The monoisotopic (exact) mass is 728 g/mol. The third-order valence-corrected chi connectivity index (χ3v) is 9.01. The molecule has 3 amide bonds.